The SMILES string of the molecule is CCc1c(O)n2ncc(Br)c2[nH]c1=O. The van der Waals surface area contributed by atoms with Crippen molar-refractivity contribution in [3.05, 3.63) is 26.6 Å². The summed E-state index contributed by atoms with van der Waals surface area (Å²) < 4.78 is 1.94. The standard InChI is InChI=1S/C8H8BrN3O2/c1-2-4-7(13)11-6-5(9)3-10-12(6)8(4)14/h3,14H,2H2,1H3,(H,11,13). The molecule has 0 radical (unpaired) electrons. The van der Waals surface area contributed by atoms with Crippen molar-refractivity contribution in [3.8, 4) is 5.88 Å². The molecule has 2 aromatic rings. The van der Waals surface area contributed by atoms with Crippen molar-refractivity contribution in [2.75, 3.05) is 0 Å². The third-order valence-electron chi connectivity index (χ3n) is 2.05. The molecule has 74 valence electrons. The van der Waals surface area contributed by atoms with Gasteiger partial charge in [-0.25, -0.2) is 0 Å². The number of aromatic nitrogens is 3. The van der Waals surface area contributed by atoms with Gasteiger partial charge in [-0.15, -0.1) is 0 Å². The zero-order valence-corrected chi connectivity index (χ0v) is 9.00. The lowest BCUT2D eigenvalue weighted by molar-refractivity contribution is 0.427. The number of hydrogen-bond donors (Lipinski definition) is 2. The Kier molecular flexibility index (Phi) is 2.07. The van der Waals surface area contributed by atoms with Gasteiger partial charge in [0, 0.05) is 0 Å². The summed E-state index contributed by atoms with van der Waals surface area (Å²) in [6, 6.07) is 0. The first-order valence-corrected chi connectivity index (χ1v) is 4.91. The largest absolute Gasteiger partial charge is 0.493 e. The lowest BCUT2D eigenvalue weighted by Gasteiger charge is -2.02. The second-order valence-corrected chi connectivity index (χ2v) is 3.72. The van der Waals surface area contributed by atoms with Crippen LogP contribution >= 0.6 is 15.9 Å². The first kappa shape index (κ1) is 9.26. The van der Waals surface area contributed by atoms with Gasteiger partial charge >= 0.3 is 0 Å². The van der Waals surface area contributed by atoms with Crippen molar-refractivity contribution in [2.45, 2.75) is 13.3 Å². The van der Waals surface area contributed by atoms with Crippen LogP contribution in [0.2, 0.25) is 0 Å². The molecule has 0 spiro atoms. The molecule has 0 aliphatic heterocycles. The summed E-state index contributed by atoms with van der Waals surface area (Å²) in [6.07, 6.45) is 1.99. The van der Waals surface area contributed by atoms with Crippen LogP contribution in [0.4, 0.5) is 0 Å². The smallest absolute Gasteiger partial charge is 0.258 e. The van der Waals surface area contributed by atoms with Crippen molar-refractivity contribution < 1.29 is 5.11 Å². The van der Waals surface area contributed by atoms with Crippen LogP contribution in [0.3, 0.4) is 0 Å². The molecule has 0 saturated carbocycles. The van der Waals surface area contributed by atoms with E-state index in [2.05, 4.69) is 26.0 Å². The fourth-order valence-corrected chi connectivity index (χ4v) is 1.69. The predicted octanol–water partition coefficient (Wildman–Crippen LogP) is 1.05. The Bertz CT molecular complexity index is 543. The molecule has 6 heteroatoms. The Balaban J connectivity index is 2.95. The third kappa shape index (κ3) is 1.14. The number of halogens is 1. The molecule has 0 saturated heterocycles. The molecule has 0 aliphatic rings. The van der Waals surface area contributed by atoms with Gasteiger partial charge in [-0.1, -0.05) is 6.92 Å². The van der Waals surface area contributed by atoms with E-state index in [1.54, 1.807) is 6.92 Å². The van der Waals surface area contributed by atoms with Crippen LogP contribution in [0.5, 0.6) is 5.88 Å². The molecule has 2 rings (SSSR count). The topological polar surface area (TPSA) is 70.4 Å². The fourth-order valence-electron chi connectivity index (χ4n) is 1.33. The molecule has 5 nitrogen and oxygen atoms in total. The minimum absolute atomic E-state index is 0.100. The summed E-state index contributed by atoms with van der Waals surface area (Å²) in [6.45, 7) is 1.80. The van der Waals surface area contributed by atoms with Crippen LogP contribution in [0.1, 0.15) is 12.5 Å². The monoisotopic (exact) mass is 257 g/mol. The van der Waals surface area contributed by atoms with Gasteiger partial charge < -0.3 is 10.1 Å². The molecular formula is C8H8BrN3O2. The number of nitrogens with one attached hydrogen (secondary N) is 1. The molecule has 0 atom stereocenters. The van der Waals surface area contributed by atoms with E-state index in [1.165, 1.54) is 10.7 Å². The molecule has 14 heavy (non-hydrogen) atoms. The van der Waals surface area contributed by atoms with Gasteiger partial charge in [0.05, 0.1) is 16.2 Å². The van der Waals surface area contributed by atoms with Gasteiger partial charge in [-0.05, 0) is 22.4 Å². The number of hydrogen-bond acceptors (Lipinski definition) is 3. The van der Waals surface area contributed by atoms with Crippen LogP contribution < -0.4 is 5.56 Å². The summed E-state index contributed by atoms with van der Waals surface area (Å²) in [5.74, 6) is -0.100. The van der Waals surface area contributed by atoms with Crippen LogP contribution in [-0.2, 0) is 6.42 Å². The lowest BCUT2D eigenvalue weighted by atomic mass is 10.2. The van der Waals surface area contributed by atoms with E-state index in [0.29, 0.717) is 22.1 Å². The zero-order chi connectivity index (χ0) is 10.3. The maximum absolute atomic E-state index is 11.5. The van der Waals surface area contributed by atoms with Crippen molar-refractivity contribution >= 4 is 21.6 Å². The molecule has 0 fully saturated rings. The van der Waals surface area contributed by atoms with Gasteiger partial charge in [0.2, 0.25) is 5.88 Å². The molecule has 0 amide bonds. The minimum atomic E-state index is -0.279. The molecule has 2 aromatic heterocycles. The van der Waals surface area contributed by atoms with Crippen molar-refractivity contribution in [1.29, 1.82) is 0 Å². The van der Waals surface area contributed by atoms with Crippen LogP contribution in [0, 0.1) is 0 Å². The molecule has 0 aliphatic carbocycles. The van der Waals surface area contributed by atoms with E-state index in [4.69, 9.17) is 0 Å². The first-order chi connectivity index (χ1) is 6.65. The number of aromatic hydroxyl groups is 1. The number of aromatic amines is 1. The van der Waals surface area contributed by atoms with E-state index in [-0.39, 0.29) is 11.4 Å². The molecular weight excluding hydrogens is 250 g/mol. The fraction of sp³-hybridized carbons (Fsp3) is 0.250. The lowest BCUT2D eigenvalue weighted by Crippen LogP contribution is -2.15. The first-order valence-electron chi connectivity index (χ1n) is 4.12. The normalized spacial score (nSPS) is 11.0. The second-order valence-electron chi connectivity index (χ2n) is 2.86. The Labute approximate surface area is 87.5 Å². The van der Waals surface area contributed by atoms with Gasteiger partial charge in [0.1, 0.15) is 0 Å². The van der Waals surface area contributed by atoms with Gasteiger partial charge in [-0.2, -0.15) is 9.61 Å². The van der Waals surface area contributed by atoms with Gasteiger partial charge in [0.25, 0.3) is 5.56 Å². The molecule has 0 bridgehead atoms. The van der Waals surface area contributed by atoms with E-state index in [9.17, 15) is 9.90 Å². The molecule has 0 aromatic carbocycles. The minimum Gasteiger partial charge on any atom is -0.493 e. The average molecular weight is 258 g/mol. The Morgan fingerprint density at radius 2 is 2.43 bits per heavy atom. The number of nitrogens with zero attached hydrogens (tertiary/aromatic N) is 2. The quantitative estimate of drug-likeness (QED) is 0.803. The molecule has 2 heterocycles. The average Bonchev–Trinajstić information content (AvgIpc) is 2.49. The van der Waals surface area contributed by atoms with Gasteiger partial charge in [0.15, 0.2) is 5.65 Å². The molecule has 0 unspecified atom stereocenters. The third-order valence-corrected chi connectivity index (χ3v) is 2.64. The highest BCUT2D eigenvalue weighted by Gasteiger charge is 2.12. The van der Waals surface area contributed by atoms with E-state index in [0.717, 1.165) is 0 Å². The van der Waals surface area contributed by atoms with Crippen LogP contribution in [-0.4, -0.2) is 19.7 Å². The number of fused-ring (bicyclic) bond motifs is 1. The predicted molar refractivity (Wildman–Crippen MR) is 54.6 cm³/mol. The van der Waals surface area contributed by atoms with Crippen molar-refractivity contribution in [1.82, 2.24) is 14.6 Å². The van der Waals surface area contributed by atoms with E-state index < -0.39 is 0 Å². The van der Waals surface area contributed by atoms with E-state index >= 15 is 0 Å². The maximum Gasteiger partial charge on any atom is 0.258 e. The van der Waals surface area contributed by atoms with Crippen LogP contribution in [0.25, 0.3) is 5.65 Å². The summed E-state index contributed by atoms with van der Waals surface area (Å²) in [5, 5.41) is 13.6. The Morgan fingerprint density at radius 1 is 1.71 bits per heavy atom. The second kappa shape index (κ2) is 3.13. The summed E-state index contributed by atoms with van der Waals surface area (Å²) in [5.41, 5.74) is 0.525. The number of rotatable bonds is 1. The van der Waals surface area contributed by atoms with E-state index in [1.807, 2.05) is 0 Å². The number of H-pyrrole nitrogens is 1. The highest BCUT2D eigenvalue weighted by atomic mass is 79.9. The Morgan fingerprint density at radius 3 is 3.07 bits per heavy atom. The highest BCUT2D eigenvalue weighted by molar-refractivity contribution is 9.10. The van der Waals surface area contributed by atoms with Crippen LogP contribution in [0.15, 0.2) is 15.5 Å². The summed E-state index contributed by atoms with van der Waals surface area (Å²) in [4.78, 5) is 14.1. The van der Waals surface area contributed by atoms with Crippen molar-refractivity contribution in [3.63, 3.8) is 0 Å². The summed E-state index contributed by atoms with van der Waals surface area (Å²) in [7, 11) is 0. The highest BCUT2D eigenvalue weighted by Crippen LogP contribution is 2.20. The maximum atomic E-state index is 11.5. The van der Waals surface area contributed by atoms with Crippen molar-refractivity contribution in [2.24, 2.45) is 0 Å². The Hall–Kier alpha value is -1.30. The zero-order valence-electron chi connectivity index (χ0n) is 7.41. The summed E-state index contributed by atoms with van der Waals surface area (Å²) >= 11 is 3.22. The molecule has 2 N–H and O–H groups in total. The van der Waals surface area contributed by atoms with Gasteiger partial charge in [-0.3, -0.25) is 4.79 Å².